The number of para-hydroxylation sites is 2. The molecule has 0 atom stereocenters. The van der Waals surface area contributed by atoms with Crippen LogP contribution in [0.2, 0.25) is 0 Å². The highest BCUT2D eigenvalue weighted by molar-refractivity contribution is 5.92. The Morgan fingerprint density at radius 2 is 1.95 bits per heavy atom. The minimum Gasteiger partial charge on any atom is -0.351 e. The summed E-state index contributed by atoms with van der Waals surface area (Å²) in [4.78, 5) is 20.2. The fourth-order valence-corrected chi connectivity index (χ4v) is 2.23. The number of fused-ring (bicyclic) bond motifs is 1. The van der Waals surface area contributed by atoms with Crippen molar-refractivity contribution in [3.63, 3.8) is 0 Å². The Hall–Kier alpha value is -2.69. The molecule has 106 valence electrons. The van der Waals surface area contributed by atoms with Gasteiger partial charge in [-0.2, -0.15) is 0 Å². The zero-order valence-corrected chi connectivity index (χ0v) is 11.6. The molecule has 2 aromatic heterocycles. The van der Waals surface area contributed by atoms with E-state index in [1.54, 1.807) is 24.4 Å². The second-order valence-electron chi connectivity index (χ2n) is 4.75. The van der Waals surface area contributed by atoms with Gasteiger partial charge in [-0.05, 0) is 30.7 Å². The first-order valence-corrected chi connectivity index (χ1v) is 6.94. The molecule has 0 aliphatic rings. The van der Waals surface area contributed by atoms with Gasteiger partial charge < -0.3 is 9.88 Å². The molecule has 0 unspecified atom stereocenters. The minimum atomic E-state index is -0.133. The fourth-order valence-electron chi connectivity index (χ4n) is 2.23. The van der Waals surface area contributed by atoms with E-state index in [0.29, 0.717) is 12.2 Å². The van der Waals surface area contributed by atoms with Crippen LogP contribution in [0.1, 0.15) is 16.9 Å². The van der Waals surface area contributed by atoms with E-state index in [9.17, 15) is 4.79 Å². The fraction of sp³-hybridized carbons (Fsp3) is 0.188. The van der Waals surface area contributed by atoms with Gasteiger partial charge in [0.05, 0.1) is 17.4 Å². The van der Waals surface area contributed by atoms with Gasteiger partial charge in [-0.3, -0.25) is 9.78 Å². The molecule has 0 aliphatic heterocycles. The summed E-state index contributed by atoms with van der Waals surface area (Å²) in [5, 5.41) is 2.87. The topological polar surface area (TPSA) is 59.8 Å². The van der Waals surface area contributed by atoms with E-state index >= 15 is 0 Å². The number of pyridine rings is 1. The SMILES string of the molecule is O=C(NCCCn1cnc2ccccc21)c1ccccn1. The summed E-state index contributed by atoms with van der Waals surface area (Å²) in [6, 6.07) is 13.3. The first-order valence-electron chi connectivity index (χ1n) is 6.94. The summed E-state index contributed by atoms with van der Waals surface area (Å²) in [5.74, 6) is -0.133. The minimum absolute atomic E-state index is 0.133. The molecular weight excluding hydrogens is 264 g/mol. The van der Waals surface area contributed by atoms with Crippen molar-refractivity contribution in [2.75, 3.05) is 6.54 Å². The van der Waals surface area contributed by atoms with Gasteiger partial charge in [0.25, 0.3) is 5.91 Å². The predicted octanol–water partition coefficient (Wildman–Crippen LogP) is 2.25. The van der Waals surface area contributed by atoms with E-state index in [4.69, 9.17) is 0 Å². The summed E-state index contributed by atoms with van der Waals surface area (Å²) < 4.78 is 2.10. The van der Waals surface area contributed by atoms with Crippen LogP contribution in [-0.2, 0) is 6.54 Å². The first kappa shape index (κ1) is 13.3. The van der Waals surface area contributed by atoms with Crippen LogP contribution in [0.15, 0.2) is 55.0 Å². The van der Waals surface area contributed by atoms with Crippen molar-refractivity contribution in [1.82, 2.24) is 19.9 Å². The Labute approximate surface area is 122 Å². The zero-order valence-electron chi connectivity index (χ0n) is 11.6. The van der Waals surface area contributed by atoms with Crippen molar-refractivity contribution in [2.45, 2.75) is 13.0 Å². The second-order valence-corrected chi connectivity index (χ2v) is 4.75. The van der Waals surface area contributed by atoms with Gasteiger partial charge in [-0.25, -0.2) is 4.98 Å². The molecular formula is C16H16N4O. The molecule has 1 N–H and O–H groups in total. The predicted molar refractivity (Wildman–Crippen MR) is 80.9 cm³/mol. The van der Waals surface area contributed by atoms with Crippen LogP contribution in [0, 0.1) is 0 Å². The molecule has 0 spiro atoms. The number of aromatic nitrogens is 3. The number of hydrogen-bond donors (Lipinski definition) is 1. The largest absolute Gasteiger partial charge is 0.351 e. The van der Waals surface area contributed by atoms with Gasteiger partial charge in [-0.1, -0.05) is 18.2 Å². The number of hydrogen-bond acceptors (Lipinski definition) is 3. The number of carbonyl (C=O) groups excluding carboxylic acids is 1. The van der Waals surface area contributed by atoms with E-state index in [-0.39, 0.29) is 5.91 Å². The lowest BCUT2D eigenvalue weighted by molar-refractivity contribution is 0.0948. The molecule has 0 aliphatic carbocycles. The number of amides is 1. The van der Waals surface area contributed by atoms with Gasteiger partial charge in [0.2, 0.25) is 0 Å². The number of rotatable bonds is 5. The van der Waals surface area contributed by atoms with Crippen molar-refractivity contribution in [1.29, 1.82) is 0 Å². The number of benzene rings is 1. The van der Waals surface area contributed by atoms with Gasteiger partial charge in [0.15, 0.2) is 0 Å². The average molecular weight is 280 g/mol. The Morgan fingerprint density at radius 3 is 2.81 bits per heavy atom. The molecule has 5 nitrogen and oxygen atoms in total. The second kappa shape index (κ2) is 6.17. The third-order valence-corrected chi connectivity index (χ3v) is 3.29. The maximum Gasteiger partial charge on any atom is 0.269 e. The molecule has 5 heteroatoms. The Morgan fingerprint density at radius 1 is 1.10 bits per heavy atom. The lowest BCUT2D eigenvalue weighted by Crippen LogP contribution is -2.25. The van der Waals surface area contributed by atoms with E-state index in [0.717, 1.165) is 24.0 Å². The van der Waals surface area contributed by atoms with E-state index in [2.05, 4.69) is 25.9 Å². The Bertz CT molecular complexity index is 736. The molecule has 0 bridgehead atoms. The number of imidazole rings is 1. The highest BCUT2D eigenvalue weighted by Gasteiger charge is 2.05. The van der Waals surface area contributed by atoms with Crippen molar-refractivity contribution in [2.24, 2.45) is 0 Å². The van der Waals surface area contributed by atoms with Crippen LogP contribution in [-0.4, -0.2) is 27.0 Å². The lowest BCUT2D eigenvalue weighted by atomic mass is 10.3. The van der Waals surface area contributed by atoms with Crippen LogP contribution < -0.4 is 5.32 Å². The van der Waals surface area contributed by atoms with Crippen LogP contribution in [0.4, 0.5) is 0 Å². The number of nitrogens with zero attached hydrogens (tertiary/aromatic N) is 3. The van der Waals surface area contributed by atoms with Gasteiger partial charge in [0, 0.05) is 19.3 Å². The number of nitrogens with one attached hydrogen (secondary N) is 1. The normalized spacial score (nSPS) is 10.7. The van der Waals surface area contributed by atoms with Crippen LogP contribution >= 0.6 is 0 Å². The molecule has 21 heavy (non-hydrogen) atoms. The summed E-state index contributed by atoms with van der Waals surface area (Å²) in [5.41, 5.74) is 2.56. The Balaban J connectivity index is 1.52. The quantitative estimate of drug-likeness (QED) is 0.729. The van der Waals surface area contributed by atoms with Crippen LogP contribution in [0.5, 0.6) is 0 Å². The molecule has 0 radical (unpaired) electrons. The molecule has 1 amide bonds. The van der Waals surface area contributed by atoms with Crippen molar-refractivity contribution in [3.05, 3.63) is 60.7 Å². The lowest BCUT2D eigenvalue weighted by Gasteiger charge is -2.06. The standard InChI is InChI=1S/C16H16N4O/c21-16(14-7-3-4-9-17-14)18-10-5-11-20-12-19-13-6-1-2-8-15(13)20/h1-4,6-9,12H,5,10-11H2,(H,18,21). The van der Waals surface area contributed by atoms with Crippen LogP contribution in [0.3, 0.4) is 0 Å². The van der Waals surface area contributed by atoms with Gasteiger partial charge in [-0.15, -0.1) is 0 Å². The average Bonchev–Trinajstić information content (AvgIpc) is 2.95. The molecule has 1 aromatic carbocycles. The van der Waals surface area contributed by atoms with E-state index in [1.807, 2.05) is 24.5 Å². The maximum atomic E-state index is 11.8. The summed E-state index contributed by atoms with van der Waals surface area (Å²) >= 11 is 0. The summed E-state index contributed by atoms with van der Waals surface area (Å²) in [6.07, 6.45) is 4.30. The van der Waals surface area contributed by atoms with Crippen molar-refractivity contribution >= 4 is 16.9 Å². The van der Waals surface area contributed by atoms with Crippen molar-refractivity contribution < 1.29 is 4.79 Å². The highest BCUT2D eigenvalue weighted by Crippen LogP contribution is 2.11. The number of aryl methyl sites for hydroxylation is 1. The molecule has 3 rings (SSSR count). The molecule has 0 saturated heterocycles. The van der Waals surface area contributed by atoms with Gasteiger partial charge >= 0.3 is 0 Å². The molecule has 2 heterocycles. The Kier molecular flexibility index (Phi) is 3.91. The highest BCUT2D eigenvalue weighted by atomic mass is 16.1. The maximum absolute atomic E-state index is 11.8. The van der Waals surface area contributed by atoms with Crippen molar-refractivity contribution in [3.8, 4) is 0 Å². The van der Waals surface area contributed by atoms with E-state index < -0.39 is 0 Å². The molecule has 0 fully saturated rings. The monoisotopic (exact) mass is 280 g/mol. The first-order chi connectivity index (χ1) is 10.3. The smallest absolute Gasteiger partial charge is 0.269 e. The summed E-state index contributed by atoms with van der Waals surface area (Å²) in [6.45, 7) is 1.44. The number of carbonyl (C=O) groups is 1. The molecule has 3 aromatic rings. The zero-order chi connectivity index (χ0) is 14.5. The summed E-state index contributed by atoms with van der Waals surface area (Å²) in [7, 11) is 0. The van der Waals surface area contributed by atoms with Crippen LogP contribution in [0.25, 0.3) is 11.0 Å². The van der Waals surface area contributed by atoms with E-state index in [1.165, 1.54) is 0 Å². The third-order valence-electron chi connectivity index (χ3n) is 3.29. The molecule has 0 saturated carbocycles. The third kappa shape index (κ3) is 3.08. The van der Waals surface area contributed by atoms with Gasteiger partial charge in [0.1, 0.15) is 5.69 Å².